The van der Waals surface area contributed by atoms with E-state index >= 15 is 0 Å². The molecule has 5 heteroatoms. The van der Waals surface area contributed by atoms with Gasteiger partial charge in [0.2, 0.25) is 0 Å². The van der Waals surface area contributed by atoms with E-state index in [1.54, 1.807) is 0 Å². The van der Waals surface area contributed by atoms with Gasteiger partial charge in [-0.2, -0.15) is 12.7 Å². The minimum Gasteiger partial charge on any atom is -0.202 e. The van der Waals surface area contributed by atoms with Crippen molar-refractivity contribution in [3.63, 3.8) is 0 Å². The Labute approximate surface area is 102 Å². The molecule has 1 saturated heterocycles. The van der Waals surface area contributed by atoms with Crippen molar-refractivity contribution in [2.24, 2.45) is 0 Å². The van der Waals surface area contributed by atoms with Crippen molar-refractivity contribution < 1.29 is 8.42 Å². The third-order valence-corrected chi connectivity index (χ3v) is 4.21. The Morgan fingerprint density at radius 2 is 2.00 bits per heavy atom. The molecule has 0 radical (unpaired) electrons. The van der Waals surface area contributed by atoms with Crippen molar-refractivity contribution >= 4 is 10.2 Å². The fourth-order valence-electron chi connectivity index (χ4n) is 1.79. The van der Waals surface area contributed by atoms with Gasteiger partial charge < -0.3 is 0 Å². The van der Waals surface area contributed by atoms with Crippen molar-refractivity contribution in [1.82, 2.24) is 9.03 Å². The first kappa shape index (κ1) is 12.3. The molecule has 0 amide bonds. The van der Waals surface area contributed by atoms with Gasteiger partial charge in [0, 0.05) is 19.6 Å². The van der Waals surface area contributed by atoms with Crippen molar-refractivity contribution in [1.29, 1.82) is 0 Å². The number of nitrogens with one attached hydrogen (secondary N) is 1. The van der Waals surface area contributed by atoms with Gasteiger partial charge in [-0.3, -0.25) is 0 Å². The molecule has 1 aliphatic rings. The molecule has 1 aromatic rings. The number of rotatable bonds is 2. The molecule has 0 aromatic heterocycles. The topological polar surface area (TPSA) is 49.4 Å². The first-order valence-corrected chi connectivity index (χ1v) is 6.97. The van der Waals surface area contributed by atoms with Crippen molar-refractivity contribution in [2.75, 3.05) is 13.1 Å². The standard InChI is InChI=1S/C12H16N2O2S/c1-11-7-8-13-17(15,16)14(9-11)10-12-5-3-2-4-6-12/h2-6,13H,1,7-10H2. The third-order valence-electron chi connectivity index (χ3n) is 2.70. The van der Waals surface area contributed by atoms with E-state index in [9.17, 15) is 8.42 Å². The summed E-state index contributed by atoms with van der Waals surface area (Å²) < 4.78 is 27.8. The second kappa shape index (κ2) is 5.00. The summed E-state index contributed by atoms with van der Waals surface area (Å²) in [7, 11) is -3.37. The number of benzene rings is 1. The Bertz CT molecular complexity index is 496. The van der Waals surface area contributed by atoms with Crippen LogP contribution in [0, 0.1) is 0 Å². The van der Waals surface area contributed by atoms with Crippen LogP contribution in [0.5, 0.6) is 0 Å². The third kappa shape index (κ3) is 3.15. The molecular weight excluding hydrogens is 236 g/mol. The molecule has 1 heterocycles. The van der Waals surface area contributed by atoms with Gasteiger partial charge in [0.15, 0.2) is 0 Å². The van der Waals surface area contributed by atoms with E-state index in [1.807, 2.05) is 30.3 Å². The van der Waals surface area contributed by atoms with Crippen LogP contribution in [0.1, 0.15) is 12.0 Å². The van der Waals surface area contributed by atoms with Crippen LogP contribution in [0.25, 0.3) is 0 Å². The molecule has 2 rings (SSSR count). The van der Waals surface area contributed by atoms with Crippen LogP contribution in [0.3, 0.4) is 0 Å². The zero-order valence-electron chi connectivity index (χ0n) is 9.59. The molecule has 1 aliphatic heterocycles. The lowest BCUT2D eigenvalue weighted by Gasteiger charge is -2.19. The van der Waals surface area contributed by atoms with Gasteiger partial charge in [0.1, 0.15) is 0 Å². The average molecular weight is 252 g/mol. The smallest absolute Gasteiger partial charge is 0.202 e. The Hall–Kier alpha value is -1.17. The number of hydrogen-bond acceptors (Lipinski definition) is 2. The number of nitrogens with zero attached hydrogens (tertiary/aromatic N) is 1. The Morgan fingerprint density at radius 1 is 1.29 bits per heavy atom. The van der Waals surface area contributed by atoms with Gasteiger partial charge in [0.25, 0.3) is 10.2 Å². The van der Waals surface area contributed by atoms with Crippen LogP contribution in [0.15, 0.2) is 42.5 Å². The van der Waals surface area contributed by atoms with E-state index in [0.717, 1.165) is 11.1 Å². The second-order valence-corrected chi connectivity index (χ2v) is 5.91. The van der Waals surface area contributed by atoms with E-state index in [1.165, 1.54) is 4.31 Å². The summed E-state index contributed by atoms with van der Waals surface area (Å²) in [5.41, 5.74) is 1.92. The SMILES string of the molecule is C=C1CCNS(=O)(=O)N(Cc2ccccc2)C1. The average Bonchev–Trinajstić information content (AvgIpc) is 2.40. The lowest BCUT2D eigenvalue weighted by Crippen LogP contribution is -2.38. The van der Waals surface area contributed by atoms with Crippen LogP contribution < -0.4 is 4.72 Å². The lowest BCUT2D eigenvalue weighted by molar-refractivity contribution is 0.430. The van der Waals surface area contributed by atoms with Crippen molar-refractivity contribution in [3.8, 4) is 0 Å². The highest BCUT2D eigenvalue weighted by atomic mass is 32.2. The summed E-state index contributed by atoms with van der Waals surface area (Å²) in [6.07, 6.45) is 0.699. The maximum atomic E-state index is 11.9. The Balaban J connectivity index is 2.19. The predicted molar refractivity (Wildman–Crippen MR) is 67.5 cm³/mol. The van der Waals surface area contributed by atoms with Crippen LogP contribution in [-0.2, 0) is 16.8 Å². The molecule has 4 nitrogen and oxygen atoms in total. The lowest BCUT2D eigenvalue weighted by atomic mass is 10.2. The fraction of sp³-hybridized carbons (Fsp3) is 0.333. The predicted octanol–water partition coefficient (Wildman–Crippen LogP) is 1.28. The highest BCUT2D eigenvalue weighted by Crippen LogP contribution is 2.14. The molecular formula is C12H16N2O2S. The molecule has 0 bridgehead atoms. The van der Waals surface area contributed by atoms with Gasteiger partial charge >= 0.3 is 0 Å². The van der Waals surface area contributed by atoms with E-state index in [-0.39, 0.29) is 0 Å². The first-order chi connectivity index (χ1) is 8.08. The summed E-state index contributed by atoms with van der Waals surface area (Å²) in [4.78, 5) is 0. The van der Waals surface area contributed by atoms with Crippen molar-refractivity contribution in [3.05, 3.63) is 48.0 Å². The van der Waals surface area contributed by atoms with E-state index in [0.29, 0.717) is 26.1 Å². The maximum Gasteiger partial charge on any atom is 0.280 e. The van der Waals surface area contributed by atoms with E-state index < -0.39 is 10.2 Å². The summed E-state index contributed by atoms with van der Waals surface area (Å²) in [6, 6.07) is 9.56. The van der Waals surface area contributed by atoms with Crippen LogP contribution in [0.4, 0.5) is 0 Å². The van der Waals surface area contributed by atoms with Gasteiger partial charge in [-0.15, -0.1) is 0 Å². The molecule has 92 valence electrons. The number of hydrogen-bond donors (Lipinski definition) is 1. The highest BCUT2D eigenvalue weighted by molar-refractivity contribution is 7.87. The molecule has 1 N–H and O–H groups in total. The van der Waals surface area contributed by atoms with Gasteiger partial charge in [0.05, 0.1) is 0 Å². The molecule has 0 atom stereocenters. The second-order valence-electron chi connectivity index (χ2n) is 4.15. The van der Waals surface area contributed by atoms with Crippen LogP contribution in [-0.4, -0.2) is 25.8 Å². The minimum atomic E-state index is -3.37. The maximum absolute atomic E-state index is 11.9. The molecule has 0 unspecified atom stereocenters. The minimum absolute atomic E-state index is 0.384. The molecule has 0 spiro atoms. The van der Waals surface area contributed by atoms with Crippen molar-refractivity contribution in [2.45, 2.75) is 13.0 Å². The largest absolute Gasteiger partial charge is 0.280 e. The van der Waals surface area contributed by atoms with E-state index in [2.05, 4.69) is 11.3 Å². The Kier molecular flexibility index (Phi) is 3.61. The molecule has 0 aliphatic carbocycles. The summed E-state index contributed by atoms with van der Waals surface area (Å²) in [5, 5.41) is 0. The normalized spacial score (nSPS) is 21.1. The van der Waals surface area contributed by atoms with Gasteiger partial charge in [-0.05, 0) is 12.0 Å². The molecule has 1 aromatic carbocycles. The zero-order chi connectivity index (χ0) is 12.3. The molecule has 0 saturated carbocycles. The zero-order valence-corrected chi connectivity index (χ0v) is 10.4. The molecule has 1 fully saturated rings. The Morgan fingerprint density at radius 3 is 2.71 bits per heavy atom. The monoisotopic (exact) mass is 252 g/mol. The van der Waals surface area contributed by atoms with Gasteiger partial charge in [-0.25, -0.2) is 4.72 Å². The quantitative estimate of drug-likeness (QED) is 0.806. The highest BCUT2D eigenvalue weighted by Gasteiger charge is 2.25. The van der Waals surface area contributed by atoms with Crippen LogP contribution in [0.2, 0.25) is 0 Å². The van der Waals surface area contributed by atoms with E-state index in [4.69, 9.17) is 0 Å². The summed E-state index contributed by atoms with van der Waals surface area (Å²) in [5.74, 6) is 0. The van der Waals surface area contributed by atoms with Gasteiger partial charge in [-0.1, -0.05) is 42.5 Å². The molecule has 17 heavy (non-hydrogen) atoms. The summed E-state index contributed by atoms with van der Waals surface area (Å²) >= 11 is 0. The summed E-state index contributed by atoms with van der Waals surface area (Å²) in [6.45, 7) is 5.10. The fourth-order valence-corrected chi connectivity index (χ4v) is 3.00. The van der Waals surface area contributed by atoms with Crippen LogP contribution >= 0.6 is 0 Å². The first-order valence-electron chi connectivity index (χ1n) is 5.53.